The zero-order valence-electron chi connectivity index (χ0n) is 16.7. The summed E-state index contributed by atoms with van der Waals surface area (Å²) in [5, 5.41) is 0.929. The number of rotatable bonds is 4. The first-order chi connectivity index (χ1) is 13.4. The maximum Gasteiger partial charge on any atom is 0.242 e. The van der Waals surface area contributed by atoms with Gasteiger partial charge in [0.1, 0.15) is 0 Å². The number of aryl methyl sites for hydroxylation is 2. The molecule has 1 saturated heterocycles. The van der Waals surface area contributed by atoms with Crippen LogP contribution in [-0.2, 0) is 6.42 Å². The van der Waals surface area contributed by atoms with Crippen molar-refractivity contribution >= 4 is 10.9 Å². The fraction of sp³-hybridized carbons (Fsp3) is 0.435. The number of nitrogens with one attached hydrogen (secondary N) is 1. The van der Waals surface area contributed by atoms with E-state index in [4.69, 9.17) is 0 Å². The number of hydrogen-bond acceptors (Lipinski definition) is 2. The predicted octanol–water partition coefficient (Wildman–Crippen LogP) is 5.46. The lowest BCUT2D eigenvalue weighted by Gasteiger charge is -2.29. The van der Waals surface area contributed by atoms with Crippen LogP contribution >= 0.6 is 0 Å². The minimum atomic E-state index is -2.38. The Hall–Kier alpha value is -2.27. The third-order valence-electron chi connectivity index (χ3n) is 5.85. The molecule has 148 valence electrons. The summed E-state index contributed by atoms with van der Waals surface area (Å²) < 4.78 is 26.9. The van der Waals surface area contributed by atoms with E-state index in [-0.39, 0.29) is 6.42 Å². The fourth-order valence-electron chi connectivity index (χ4n) is 4.45. The molecule has 1 fully saturated rings. The SMILES string of the molecule is Cc1cc(-c2[nH]c3ccc(C4CCN(C)CC4)cc3c2CC(F)F)cc(C)n1. The number of halogens is 2. The Labute approximate surface area is 164 Å². The molecular formula is C23H27F2N3. The third-order valence-corrected chi connectivity index (χ3v) is 5.85. The number of fused-ring (bicyclic) bond motifs is 1. The molecule has 0 saturated carbocycles. The Kier molecular flexibility index (Phi) is 5.19. The van der Waals surface area contributed by atoms with Crippen molar-refractivity contribution in [2.45, 2.75) is 45.5 Å². The molecule has 1 aliphatic heterocycles. The highest BCUT2D eigenvalue weighted by molar-refractivity contribution is 5.91. The van der Waals surface area contributed by atoms with Crippen LogP contribution in [0.15, 0.2) is 30.3 Å². The van der Waals surface area contributed by atoms with Gasteiger partial charge in [-0.3, -0.25) is 4.98 Å². The summed E-state index contributed by atoms with van der Waals surface area (Å²) in [6.45, 7) is 6.04. The molecule has 0 spiro atoms. The molecular weight excluding hydrogens is 356 g/mol. The number of alkyl halides is 2. The van der Waals surface area contributed by atoms with Gasteiger partial charge in [0.2, 0.25) is 6.43 Å². The zero-order valence-corrected chi connectivity index (χ0v) is 16.7. The van der Waals surface area contributed by atoms with Gasteiger partial charge in [0.25, 0.3) is 0 Å². The lowest BCUT2D eigenvalue weighted by molar-refractivity contribution is 0.149. The molecule has 0 unspecified atom stereocenters. The highest BCUT2D eigenvalue weighted by atomic mass is 19.3. The summed E-state index contributed by atoms with van der Waals surface area (Å²) in [4.78, 5) is 10.2. The van der Waals surface area contributed by atoms with E-state index in [0.717, 1.165) is 59.5 Å². The molecule has 2 aromatic heterocycles. The Morgan fingerprint density at radius 2 is 1.79 bits per heavy atom. The highest BCUT2D eigenvalue weighted by Gasteiger charge is 2.22. The molecule has 5 heteroatoms. The van der Waals surface area contributed by atoms with E-state index in [1.165, 1.54) is 5.56 Å². The Morgan fingerprint density at radius 1 is 1.11 bits per heavy atom. The first kappa shape index (κ1) is 19.1. The maximum atomic E-state index is 13.4. The topological polar surface area (TPSA) is 31.9 Å². The van der Waals surface area contributed by atoms with Crippen molar-refractivity contribution < 1.29 is 8.78 Å². The zero-order chi connectivity index (χ0) is 19.8. The molecule has 0 radical (unpaired) electrons. The van der Waals surface area contributed by atoms with Gasteiger partial charge in [0.05, 0.1) is 5.69 Å². The number of nitrogens with zero attached hydrogens (tertiary/aromatic N) is 2. The first-order valence-electron chi connectivity index (χ1n) is 9.97. The van der Waals surface area contributed by atoms with E-state index in [1.807, 2.05) is 26.0 Å². The summed E-state index contributed by atoms with van der Waals surface area (Å²) in [6, 6.07) is 10.3. The van der Waals surface area contributed by atoms with Crippen molar-refractivity contribution in [2.24, 2.45) is 0 Å². The number of benzene rings is 1. The number of aromatic amines is 1. The van der Waals surface area contributed by atoms with E-state index >= 15 is 0 Å². The van der Waals surface area contributed by atoms with Gasteiger partial charge >= 0.3 is 0 Å². The van der Waals surface area contributed by atoms with Crippen LogP contribution in [0.4, 0.5) is 8.78 Å². The second-order valence-electron chi connectivity index (χ2n) is 8.09. The first-order valence-corrected chi connectivity index (χ1v) is 9.97. The molecule has 1 N–H and O–H groups in total. The molecule has 0 bridgehead atoms. The fourth-order valence-corrected chi connectivity index (χ4v) is 4.45. The molecule has 3 nitrogen and oxygen atoms in total. The standard InChI is InChI=1S/C23H27F2N3/c1-14-10-18(11-15(2)26-14)23-20(13-22(24)25)19-12-17(4-5-21(19)27-23)16-6-8-28(3)9-7-16/h4-5,10-12,16,22,27H,6-9,13H2,1-3H3. The number of likely N-dealkylation sites (tertiary alicyclic amines) is 1. The maximum absolute atomic E-state index is 13.4. The van der Waals surface area contributed by atoms with Gasteiger partial charge in [0, 0.05) is 34.3 Å². The van der Waals surface area contributed by atoms with Crippen LogP contribution in [0.5, 0.6) is 0 Å². The normalized spacial score (nSPS) is 16.4. The minimum absolute atomic E-state index is 0.243. The molecule has 3 aromatic rings. The van der Waals surface area contributed by atoms with Gasteiger partial charge in [-0.2, -0.15) is 0 Å². The van der Waals surface area contributed by atoms with E-state index < -0.39 is 6.43 Å². The number of aromatic nitrogens is 2. The van der Waals surface area contributed by atoms with Crippen LogP contribution < -0.4 is 0 Å². The van der Waals surface area contributed by atoms with Crippen molar-refractivity contribution in [3.05, 3.63) is 52.8 Å². The van der Waals surface area contributed by atoms with Crippen molar-refractivity contribution in [3.63, 3.8) is 0 Å². The average molecular weight is 383 g/mol. The summed E-state index contributed by atoms with van der Waals surface area (Å²) in [5.41, 5.74) is 6.41. The van der Waals surface area contributed by atoms with Gasteiger partial charge in [-0.25, -0.2) is 8.78 Å². The number of piperidine rings is 1. The molecule has 0 amide bonds. The molecule has 0 aliphatic carbocycles. The van der Waals surface area contributed by atoms with Gasteiger partial charge in [0.15, 0.2) is 0 Å². The quantitative estimate of drug-likeness (QED) is 0.648. The monoisotopic (exact) mass is 383 g/mol. The largest absolute Gasteiger partial charge is 0.354 e. The van der Waals surface area contributed by atoms with Crippen LogP contribution in [0.3, 0.4) is 0 Å². The third kappa shape index (κ3) is 3.81. The molecule has 1 aromatic carbocycles. The molecule has 28 heavy (non-hydrogen) atoms. The number of hydrogen-bond donors (Lipinski definition) is 1. The Morgan fingerprint density at radius 3 is 2.43 bits per heavy atom. The minimum Gasteiger partial charge on any atom is -0.354 e. The van der Waals surface area contributed by atoms with Crippen LogP contribution in [0.2, 0.25) is 0 Å². The second-order valence-corrected chi connectivity index (χ2v) is 8.09. The van der Waals surface area contributed by atoms with Crippen molar-refractivity contribution in [1.29, 1.82) is 0 Å². The summed E-state index contributed by atoms with van der Waals surface area (Å²) in [5.74, 6) is 0.503. The summed E-state index contributed by atoms with van der Waals surface area (Å²) in [6.07, 6.45) is -0.390. The van der Waals surface area contributed by atoms with Gasteiger partial charge in [-0.05, 0) is 88.1 Å². The van der Waals surface area contributed by atoms with Gasteiger partial charge in [-0.1, -0.05) is 6.07 Å². The van der Waals surface area contributed by atoms with Gasteiger partial charge in [-0.15, -0.1) is 0 Å². The van der Waals surface area contributed by atoms with Gasteiger partial charge < -0.3 is 9.88 Å². The van der Waals surface area contributed by atoms with Crippen molar-refractivity contribution in [3.8, 4) is 11.3 Å². The highest BCUT2D eigenvalue weighted by Crippen LogP contribution is 2.36. The molecule has 4 rings (SSSR count). The van der Waals surface area contributed by atoms with Crippen LogP contribution in [0, 0.1) is 13.8 Å². The Bertz CT molecular complexity index is 965. The lowest BCUT2D eigenvalue weighted by atomic mass is 9.88. The molecule has 0 atom stereocenters. The average Bonchev–Trinajstić information content (AvgIpc) is 2.99. The lowest BCUT2D eigenvalue weighted by Crippen LogP contribution is -2.29. The predicted molar refractivity (Wildman–Crippen MR) is 110 cm³/mol. The van der Waals surface area contributed by atoms with Crippen LogP contribution in [0.1, 0.15) is 41.3 Å². The number of H-pyrrole nitrogens is 1. The van der Waals surface area contributed by atoms with E-state index in [1.54, 1.807) is 0 Å². The number of pyridine rings is 1. The van der Waals surface area contributed by atoms with Crippen molar-refractivity contribution in [1.82, 2.24) is 14.9 Å². The van der Waals surface area contributed by atoms with E-state index in [0.29, 0.717) is 11.5 Å². The second kappa shape index (κ2) is 7.63. The Balaban J connectivity index is 1.81. The van der Waals surface area contributed by atoms with Crippen molar-refractivity contribution in [2.75, 3.05) is 20.1 Å². The summed E-state index contributed by atoms with van der Waals surface area (Å²) >= 11 is 0. The van der Waals surface area contributed by atoms with Crippen LogP contribution in [0.25, 0.3) is 22.2 Å². The van der Waals surface area contributed by atoms with E-state index in [2.05, 4.69) is 40.1 Å². The van der Waals surface area contributed by atoms with E-state index in [9.17, 15) is 8.78 Å². The smallest absolute Gasteiger partial charge is 0.242 e. The molecule has 1 aliphatic rings. The van der Waals surface area contributed by atoms with Crippen LogP contribution in [-0.4, -0.2) is 41.4 Å². The molecule has 3 heterocycles. The summed E-state index contributed by atoms with van der Waals surface area (Å²) in [7, 11) is 2.15.